The molecule has 0 amide bonds. The van der Waals surface area contributed by atoms with Crippen molar-refractivity contribution in [2.75, 3.05) is 44.3 Å². The van der Waals surface area contributed by atoms with Gasteiger partial charge in [-0.25, -0.2) is 13.8 Å². The van der Waals surface area contributed by atoms with E-state index in [1.165, 1.54) is 12.1 Å². The molecule has 2 N–H and O–H groups in total. The molecule has 0 bridgehead atoms. The number of anilines is 1. The summed E-state index contributed by atoms with van der Waals surface area (Å²) >= 11 is 0. The molecule has 1 aliphatic rings. The fraction of sp³-hybridized carbons (Fsp3) is 0.409. The number of rotatable bonds is 7. The zero-order valence-electron chi connectivity index (χ0n) is 17.2. The summed E-state index contributed by atoms with van der Waals surface area (Å²) in [6, 6.07) is 11.8. The van der Waals surface area contributed by atoms with Crippen LogP contribution in [0.3, 0.4) is 0 Å². The topological polar surface area (TPSA) is 48.9 Å². The minimum atomic E-state index is -0.233. The SMILES string of the molecule is CCNC(=NCc1ccc(N2CCOCC2)c(F)c1)NCCc1ccc(F)cc1.I. The summed E-state index contributed by atoms with van der Waals surface area (Å²) in [5.41, 5.74) is 2.48. The maximum atomic E-state index is 14.5. The average molecular weight is 530 g/mol. The van der Waals surface area contributed by atoms with Crippen LogP contribution in [0.25, 0.3) is 0 Å². The quantitative estimate of drug-likeness (QED) is 0.326. The van der Waals surface area contributed by atoms with Crippen LogP contribution in [-0.4, -0.2) is 45.4 Å². The standard InChI is InChI=1S/C22H28F2N4O.HI/c1-2-25-22(26-10-9-17-3-6-19(23)7-4-17)27-16-18-5-8-21(20(24)15-18)28-11-13-29-14-12-28;/h3-8,15H,2,9-14,16H2,1H3,(H2,25,26,27);1H. The van der Waals surface area contributed by atoms with Crippen molar-refractivity contribution in [2.24, 2.45) is 4.99 Å². The first-order valence-corrected chi connectivity index (χ1v) is 10.0. The lowest BCUT2D eigenvalue weighted by Crippen LogP contribution is -2.38. The number of nitrogens with one attached hydrogen (secondary N) is 2. The lowest BCUT2D eigenvalue weighted by molar-refractivity contribution is 0.122. The van der Waals surface area contributed by atoms with Crippen LogP contribution in [0.15, 0.2) is 47.5 Å². The Bertz CT molecular complexity index is 811. The van der Waals surface area contributed by atoms with Gasteiger partial charge in [-0.2, -0.15) is 0 Å². The fourth-order valence-corrected chi connectivity index (χ4v) is 3.20. The summed E-state index contributed by atoms with van der Waals surface area (Å²) in [5.74, 6) is 0.213. The molecule has 2 aromatic carbocycles. The van der Waals surface area contributed by atoms with Gasteiger partial charge in [0.05, 0.1) is 25.4 Å². The molecular weight excluding hydrogens is 501 g/mol. The summed E-state index contributed by atoms with van der Waals surface area (Å²) in [6.07, 6.45) is 0.758. The van der Waals surface area contributed by atoms with Crippen molar-refractivity contribution >= 4 is 35.6 Å². The minimum Gasteiger partial charge on any atom is -0.378 e. The number of nitrogens with zero attached hydrogens (tertiary/aromatic N) is 2. The van der Waals surface area contributed by atoms with E-state index in [0.717, 1.165) is 24.1 Å². The van der Waals surface area contributed by atoms with Crippen LogP contribution in [0.1, 0.15) is 18.1 Å². The van der Waals surface area contributed by atoms with Crippen LogP contribution in [0.4, 0.5) is 14.5 Å². The van der Waals surface area contributed by atoms with Gasteiger partial charge in [0.25, 0.3) is 0 Å². The van der Waals surface area contributed by atoms with Crippen LogP contribution in [0.2, 0.25) is 0 Å². The first-order chi connectivity index (χ1) is 14.2. The number of benzene rings is 2. The molecule has 0 spiro atoms. The average Bonchev–Trinajstić information content (AvgIpc) is 2.74. The monoisotopic (exact) mass is 530 g/mol. The van der Waals surface area contributed by atoms with Gasteiger partial charge < -0.3 is 20.3 Å². The normalized spacial score (nSPS) is 14.2. The van der Waals surface area contributed by atoms with Crippen LogP contribution >= 0.6 is 24.0 Å². The Kier molecular flexibility index (Phi) is 10.3. The van der Waals surface area contributed by atoms with E-state index in [0.29, 0.717) is 51.0 Å². The van der Waals surface area contributed by atoms with E-state index in [2.05, 4.69) is 15.6 Å². The van der Waals surface area contributed by atoms with Gasteiger partial charge in [-0.15, -0.1) is 24.0 Å². The Morgan fingerprint density at radius 3 is 2.40 bits per heavy atom. The maximum Gasteiger partial charge on any atom is 0.191 e. The number of hydrogen-bond acceptors (Lipinski definition) is 3. The van der Waals surface area contributed by atoms with Crippen molar-refractivity contribution in [3.05, 3.63) is 65.2 Å². The number of halogens is 3. The van der Waals surface area contributed by atoms with Gasteiger partial charge in [-0.05, 0) is 48.7 Å². The molecule has 0 atom stereocenters. The third kappa shape index (κ3) is 7.39. The van der Waals surface area contributed by atoms with Gasteiger partial charge in [-0.3, -0.25) is 0 Å². The van der Waals surface area contributed by atoms with E-state index >= 15 is 0 Å². The first kappa shape index (κ1) is 24.3. The molecule has 1 fully saturated rings. The molecule has 1 heterocycles. The molecule has 5 nitrogen and oxygen atoms in total. The number of aliphatic imine (C=N–C) groups is 1. The van der Waals surface area contributed by atoms with Crippen molar-refractivity contribution < 1.29 is 13.5 Å². The van der Waals surface area contributed by atoms with E-state index < -0.39 is 0 Å². The van der Waals surface area contributed by atoms with Crippen molar-refractivity contribution in [3.63, 3.8) is 0 Å². The number of ether oxygens (including phenoxy) is 1. The second-order valence-corrected chi connectivity index (χ2v) is 6.88. The van der Waals surface area contributed by atoms with Gasteiger partial charge in [0.1, 0.15) is 11.6 Å². The number of morpholine rings is 1. The van der Waals surface area contributed by atoms with Crippen molar-refractivity contribution in [3.8, 4) is 0 Å². The molecule has 1 saturated heterocycles. The van der Waals surface area contributed by atoms with Crippen LogP contribution < -0.4 is 15.5 Å². The Balaban J connectivity index is 0.00000320. The van der Waals surface area contributed by atoms with Gasteiger partial charge in [0.15, 0.2) is 5.96 Å². The van der Waals surface area contributed by atoms with Crippen molar-refractivity contribution in [2.45, 2.75) is 19.9 Å². The molecule has 164 valence electrons. The smallest absolute Gasteiger partial charge is 0.191 e. The highest BCUT2D eigenvalue weighted by Crippen LogP contribution is 2.22. The molecule has 30 heavy (non-hydrogen) atoms. The van der Waals surface area contributed by atoms with E-state index in [-0.39, 0.29) is 35.6 Å². The Morgan fingerprint density at radius 2 is 1.73 bits per heavy atom. The maximum absolute atomic E-state index is 14.5. The summed E-state index contributed by atoms with van der Waals surface area (Å²) in [7, 11) is 0. The van der Waals surface area contributed by atoms with E-state index in [4.69, 9.17) is 4.74 Å². The Morgan fingerprint density at radius 1 is 1.03 bits per heavy atom. The number of guanidine groups is 1. The lowest BCUT2D eigenvalue weighted by Gasteiger charge is -2.29. The molecule has 3 rings (SSSR count). The molecule has 0 saturated carbocycles. The molecule has 1 aliphatic heterocycles. The van der Waals surface area contributed by atoms with E-state index in [1.807, 2.05) is 24.0 Å². The second-order valence-electron chi connectivity index (χ2n) is 6.88. The first-order valence-electron chi connectivity index (χ1n) is 10.0. The van der Waals surface area contributed by atoms with Gasteiger partial charge in [-0.1, -0.05) is 18.2 Å². The van der Waals surface area contributed by atoms with Crippen LogP contribution in [0.5, 0.6) is 0 Å². The fourth-order valence-electron chi connectivity index (χ4n) is 3.20. The third-order valence-corrected chi connectivity index (χ3v) is 4.75. The third-order valence-electron chi connectivity index (χ3n) is 4.75. The highest BCUT2D eigenvalue weighted by molar-refractivity contribution is 14.0. The summed E-state index contributed by atoms with van der Waals surface area (Å²) in [5, 5.41) is 6.45. The summed E-state index contributed by atoms with van der Waals surface area (Å²) < 4.78 is 32.8. The highest BCUT2D eigenvalue weighted by Gasteiger charge is 2.15. The minimum absolute atomic E-state index is 0. The molecule has 0 unspecified atom stereocenters. The zero-order chi connectivity index (χ0) is 20.5. The van der Waals surface area contributed by atoms with Crippen LogP contribution in [-0.2, 0) is 17.7 Å². The van der Waals surface area contributed by atoms with Crippen molar-refractivity contribution in [1.29, 1.82) is 0 Å². The molecule has 0 aliphatic carbocycles. The second kappa shape index (κ2) is 12.7. The molecule has 0 aromatic heterocycles. The predicted octanol–water partition coefficient (Wildman–Crippen LogP) is 3.72. The van der Waals surface area contributed by atoms with Gasteiger partial charge in [0.2, 0.25) is 0 Å². The lowest BCUT2D eigenvalue weighted by atomic mass is 10.1. The molecule has 0 radical (unpaired) electrons. The molecule has 2 aromatic rings. The highest BCUT2D eigenvalue weighted by atomic mass is 127. The molecular formula is C22H29F2IN4O. The number of hydrogen-bond donors (Lipinski definition) is 2. The van der Waals surface area contributed by atoms with E-state index in [1.54, 1.807) is 18.2 Å². The van der Waals surface area contributed by atoms with Crippen LogP contribution in [0, 0.1) is 11.6 Å². The Labute approximate surface area is 193 Å². The largest absolute Gasteiger partial charge is 0.378 e. The summed E-state index contributed by atoms with van der Waals surface area (Å²) in [6.45, 7) is 6.44. The van der Waals surface area contributed by atoms with Gasteiger partial charge in [0, 0.05) is 26.2 Å². The summed E-state index contributed by atoms with van der Waals surface area (Å²) in [4.78, 5) is 6.55. The van der Waals surface area contributed by atoms with Gasteiger partial charge >= 0.3 is 0 Å². The molecule has 8 heteroatoms. The zero-order valence-corrected chi connectivity index (χ0v) is 19.5. The Hall–Kier alpha value is -1.94. The predicted molar refractivity (Wildman–Crippen MR) is 128 cm³/mol. The van der Waals surface area contributed by atoms with Crippen molar-refractivity contribution in [1.82, 2.24) is 10.6 Å². The van der Waals surface area contributed by atoms with E-state index in [9.17, 15) is 8.78 Å².